The van der Waals surface area contributed by atoms with Gasteiger partial charge >= 0.3 is 5.97 Å². The Kier molecular flexibility index (Phi) is 6.55. The van der Waals surface area contributed by atoms with Gasteiger partial charge in [0.1, 0.15) is 10.6 Å². The number of carbonyl (C=O) groups is 2. The zero-order valence-electron chi connectivity index (χ0n) is 16.7. The minimum Gasteiger partial charge on any atom is -0.465 e. The Hall–Kier alpha value is -2.44. The quantitative estimate of drug-likeness (QED) is 0.423. The van der Waals surface area contributed by atoms with Crippen molar-refractivity contribution in [2.45, 2.75) is 26.7 Å². The summed E-state index contributed by atoms with van der Waals surface area (Å²) >= 11 is 4.80. The molecule has 0 aliphatic rings. The molecule has 0 bridgehead atoms. The van der Waals surface area contributed by atoms with Crippen molar-refractivity contribution in [3.8, 4) is 11.1 Å². The number of hydrogen-bond acceptors (Lipinski definition) is 4. The van der Waals surface area contributed by atoms with Crippen LogP contribution in [0.3, 0.4) is 0 Å². The van der Waals surface area contributed by atoms with E-state index in [2.05, 4.69) is 35.1 Å². The molecule has 150 valence electrons. The molecule has 29 heavy (non-hydrogen) atoms. The van der Waals surface area contributed by atoms with Gasteiger partial charge in [0.05, 0.1) is 7.11 Å². The normalized spacial score (nSPS) is 10.8. The number of rotatable bonds is 5. The number of carbonyl (C=O) groups excluding carboxylic acids is 2. The Morgan fingerprint density at radius 1 is 1.03 bits per heavy atom. The molecule has 1 aromatic heterocycles. The summed E-state index contributed by atoms with van der Waals surface area (Å²) in [6, 6.07) is 15.2. The molecular formula is C23H22BrNO3S. The predicted molar refractivity (Wildman–Crippen MR) is 122 cm³/mol. The third-order valence-corrected chi connectivity index (χ3v) is 6.22. The van der Waals surface area contributed by atoms with Crippen LogP contribution in [0, 0.1) is 6.92 Å². The average Bonchev–Trinajstić information content (AvgIpc) is 3.03. The highest BCUT2D eigenvalue weighted by molar-refractivity contribution is 9.10. The number of aryl methyl sites for hydroxylation is 1. The first-order valence-corrected chi connectivity index (χ1v) is 10.8. The molecule has 3 rings (SSSR count). The number of hydrogen-bond donors (Lipinski definition) is 1. The molecule has 6 heteroatoms. The second kappa shape index (κ2) is 8.93. The summed E-state index contributed by atoms with van der Waals surface area (Å²) < 4.78 is 5.96. The van der Waals surface area contributed by atoms with Gasteiger partial charge in [-0.2, -0.15) is 0 Å². The lowest BCUT2D eigenvalue weighted by atomic mass is 10.0. The summed E-state index contributed by atoms with van der Waals surface area (Å²) in [6.07, 6.45) is 0. The molecule has 1 N–H and O–H groups in total. The summed E-state index contributed by atoms with van der Waals surface area (Å²) in [4.78, 5) is 26.3. The second-order valence-corrected chi connectivity index (χ2v) is 9.11. The highest BCUT2D eigenvalue weighted by Gasteiger charge is 2.25. The first-order chi connectivity index (χ1) is 13.8. The summed E-state index contributed by atoms with van der Waals surface area (Å²) in [5.74, 6) is -0.335. The smallest absolute Gasteiger partial charge is 0.341 e. The third-order valence-electron chi connectivity index (χ3n) is 4.67. The van der Waals surface area contributed by atoms with Crippen molar-refractivity contribution in [1.29, 1.82) is 0 Å². The maximum atomic E-state index is 12.8. The molecule has 1 heterocycles. The minimum absolute atomic E-state index is 0.255. The van der Waals surface area contributed by atoms with Gasteiger partial charge < -0.3 is 10.1 Å². The fourth-order valence-corrected chi connectivity index (χ4v) is 4.41. The van der Waals surface area contributed by atoms with E-state index >= 15 is 0 Å². The highest BCUT2D eigenvalue weighted by Crippen LogP contribution is 2.40. The van der Waals surface area contributed by atoms with Gasteiger partial charge in [-0.3, -0.25) is 4.79 Å². The molecular weight excluding hydrogens is 450 g/mol. The summed E-state index contributed by atoms with van der Waals surface area (Å²) in [5.41, 5.74) is 3.76. The van der Waals surface area contributed by atoms with Crippen LogP contribution in [-0.4, -0.2) is 19.0 Å². The number of amides is 1. The number of benzene rings is 2. The monoisotopic (exact) mass is 471 g/mol. The first kappa shape index (κ1) is 21.3. The first-order valence-electron chi connectivity index (χ1n) is 9.20. The van der Waals surface area contributed by atoms with Crippen LogP contribution in [0.2, 0.25) is 0 Å². The van der Waals surface area contributed by atoms with E-state index in [9.17, 15) is 9.59 Å². The standard InChI is InChI=1S/C23H22BrNO3S/c1-13(2)15-5-7-17(8-6-15)21(26)25-22-20(23(27)28-4)19(14(3)29-22)16-9-11-18(24)12-10-16/h5-13H,1-4H3,(H,25,26). The number of halogens is 1. The van der Waals surface area contributed by atoms with Crippen molar-refractivity contribution in [2.75, 3.05) is 12.4 Å². The molecule has 2 aromatic carbocycles. The van der Waals surface area contributed by atoms with Gasteiger partial charge in [0.2, 0.25) is 0 Å². The van der Waals surface area contributed by atoms with Crippen molar-refractivity contribution in [1.82, 2.24) is 0 Å². The van der Waals surface area contributed by atoms with E-state index in [4.69, 9.17) is 4.74 Å². The third kappa shape index (κ3) is 4.60. The van der Waals surface area contributed by atoms with Crippen LogP contribution in [0.25, 0.3) is 11.1 Å². The van der Waals surface area contributed by atoms with E-state index < -0.39 is 5.97 Å². The second-order valence-electron chi connectivity index (χ2n) is 6.97. The summed E-state index contributed by atoms with van der Waals surface area (Å²) in [6.45, 7) is 6.15. The van der Waals surface area contributed by atoms with E-state index in [1.54, 1.807) is 12.1 Å². The van der Waals surface area contributed by atoms with Gasteiger partial charge in [0, 0.05) is 20.5 Å². The van der Waals surface area contributed by atoms with Crippen LogP contribution < -0.4 is 5.32 Å². The molecule has 0 fully saturated rings. The Morgan fingerprint density at radius 3 is 2.21 bits per heavy atom. The molecule has 0 saturated heterocycles. The van der Waals surface area contributed by atoms with Crippen molar-refractivity contribution in [2.24, 2.45) is 0 Å². The van der Waals surface area contributed by atoms with Crippen molar-refractivity contribution < 1.29 is 14.3 Å². The molecule has 1 amide bonds. The number of ether oxygens (including phenoxy) is 1. The van der Waals surface area contributed by atoms with E-state index in [-0.39, 0.29) is 5.91 Å². The van der Waals surface area contributed by atoms with Crippen molar-refractivity contribution in [3.05, 3.63) is 74.6 Å². The largest absolute Gasteiger partial charge is 0.465 e. The number of anilines is 1. The molecule has 0 aliphatic carbocycles. The fraction of sp³-hybridized carbons (Fsp3) is 0.217. The Balaban J connectivity index is 1.98. The lowest BCUT2D eigenvalue weighted by Gasteiger charge is -2.09. The van der Waals surface area contributed by atoms with Crippen molar-refractivity contribution >= 4 is 44.1 Å². The number of thiophene rings is 1. The van der Waals surface area contributed by atoms with Crippen LogP contribution in [0.4, 0.5) is 5.00 Å². The van der Waals surface area contributed by atoms with Crippen molar-refractivity contribution in [3.63, 3.8) is 0 Å². The molecule has 0 saturated carbocycles. The minimum atomic E-state index is -0.474. The zero-order valence-corrected chi connectivity index (χ0v) is 19.1. The number of nitrogens with one attached hydrogen (secondary N) is 1. The zero-order chi connectivity index (χ0) is 21.1. The van der Waals surface area contributed by atoms with Crippen LogP contribution >= 0.6 is 27.3 Å². The summed E-state index contributed by atoms with van der Waals surface area (Å²) in [7, 11) is 1.34. The lowest BCUT2D eigenvalue weighted by molar-refractivity contribution is 0.0603. The molecule has 0 spiro atoms. The molecule has 3 aromatic rings. The van der Waals surface area contributed by atoms with E-state index in [1.165, 1.54) is 24.0 Å². The Morgan fingerprint density at radius 2 is 1.66 bits per heavy atom. The number of esters is 1. The Labute approximate surface area is 183 Å². The topological polar surface area (TPSA) is 55.4 Å². The average molecular weight is 472 g/mol. The fourth-order valence-electron chi connectivity index (χ4n) is 3.09. The maximum Gasteiger partial charge on any atom is 0.341 e. The molecule has 0 radical (unpaired) electrons. The van der Waals surface area contributed by atoms with Crippen LogP contribution in [0.1, 0.15) is 50.9 Å². The van der Waals surface area contributed by atoms with Gasteiger partial charge in [-0.25, -0.2) is 4.79 Å². The van der Waals surface area contributed by atoms with Crippen LogP contribution in [0.15, 0.2) is 53.0 Å². The Bertz CT molecular complexity index is 1040. The summed E-state index contributed by atoms with van der Waals surface area (Å²) in [5, 5.41) is 3.39. The van der Waals surface area contributed by atoms with Gasteiger partial charge in [-0.1, -0.05) is 54.0 Å². The SMILES string of the molecule is COC(=O)c1c(NC(=O)c2ccc(C(C)C)cc2)sc(C)c1-c1ccc(Br)cc1. The molecule has 0 unspecified atom stereocenters. The van der Waals surface area contributed by atoms with Gasteiger partial charge in [-0.05, 0) is 48.2 Å². The lowest BCUT2D eigenvalue weighted by Crippen LogP contribution is -2.14. The number of methoxy groups -OCH3 is 1. The molecule has 4 nitrogen and oxygen atoms in total. The van der Waals surface area contributed by atoms with Gasteiger partial charge in [0.25, 0.3) is 5.91 Å². The van der Waals surface area contributed by atoms with Crippen LogP contribution in [-0.2, 0) is 4.74 Å². The molecule has 0 aliphatic heterocycles. The van der Waals surface area contributed by atoms with E-state index in [0.717, 1.165) is 20.5 Å². The van der Waals surface area contributed by atoms with Gasteiger partial charge in [-0.15, -0.1) is 11.3 Å². The van der Waals surface area contributed by atoms with Gasteiger partial charge in [0.15, 0.2) is 0 Å². The van der Waals surface area contributed by atoms with Crippen LogP contribution in [0.5, 0.6) is 0 Å². The predicted octanol–water partition coefficient (Wildman–Crippen LogP) is 6.65. The van der Waals surface area contributed by atoms with E-state index in [0.29, 0.717) is 22.0 Å². The maximum absolute atomic E-state index is 12.8. The molecule has 0 atom stereocenters. The highest BCUT2D eigenvalue weighted by atomic mass is 79.9. The van der Waals surface area contributed by atoms with E-state index in [1.807, 2.05) is 43.3 Å².